The van der Waals surface area contributed by atoms with E-state index in [0.29, 0.717) is 13.2 Å². The van der Waals surface area contributed by atoms with Gasteiger partial charge in [-0.3, -0.25) is 14.8 Å². The van der Waals surface area contributed by atoms with Crippen LogP contribution in [0.3, 0.4) is 0 Å². The van der Waals surface area contributed by atoms with Gasteiger partial charge in [0.2, 0.25) is 0 Å². The van der Waals surface area contributed by atoms with E-state index in [1.807, 2.05) is 36.5 Å². The molecule has 0 bridgehead atoms. The number of nitrogens with zero attached hydrogens (tertiary/aromatic N) is 3. The van der Waals surface area contributed by atoms with Crippen molar-refractivity contribution in [2.24, 2.45) is 0 Å². The summed E-state index contributed by atoms with van der Waals surface area (Å²) in [7, 11) is 1.64. The Morgan fingerprint density at radius 1 is 1.04 bits per heavy atom. The maximum atomic E-state index is 10.3. The molecule has 0 aliphatic carbocycles. The third kappa shape index (κ3) is 5.69. The number of β-amino-alcohol motifs (C(OH)–C–C–N with tert-alkyl or cyclic N) is 1. The smallest absolute Gasteiger partial charge is 0.119 e. The molecule has 1 aromatic heterocycles. The Labute approximate surface area is 155 Å². The van der Waals surface area contributed by atoms with Gasteiger partial charge in [0.25, 0.3) is 0 Å². The molecule has 1 aliphatic rings. The topological polar surface area (TPSA) is 58.1 Å². The minimum atomic E-state index is -0.498. The number of piperazine rings is 1. The average molecular weight is 357 g/mol. The lowest BCUT2D eigenvalue weighted by atomic mass is 10.2. The van der Waals surface area contributed by atoms with E-state index in [0.717, 1.165) is 44.2 Å². The van der Waals surface area contributed by atoms with Crippen LogP contribution in [0.25, 0.3) is 0 Å². The maximum absolute atomic E-state index is 10.3. The molecule has 0 unspecified atom stereocenters. The highest BCUT2D eigenvalue weighted by Gasteiger charge is 2.19. The first-order valence-corrected chi connectivity index (χ1v) is 9.01. The first kappa shape index (κ1) is 18.6. The number of aliphatic hydroxyl groups is 1. The van der Waals surface area contributed by atoms with E-state index >= 15 is 0 Å². The molecule has 0 amide bonds. The van der Waals surface area contributed by atoms with E-state index in [1.54, 1.807) is 13.3 Å². The minimum absolute atomic E-state index is 0.294. The van der Waals surface area contributed by atoms with Crippen molar-refractivity contribution in [1.29, 1.82) is 0 Å². The predicted molar refractivity (Wildman–Crippen MR) is 100 cm³/mol. The molecular formula is C20H27N3O3. The van der Waals surface area contributed by atoms with Crippen LogP contribution in [0.15, 0.2) is 48.8 Å². The molecule has 1 aromatic carbocycles. The van der Waals surface area contributed by atoms with Crippen molar-refractivity contribution >= 4 is 0 Å². The fourth-order valence-corrected chi connectivity index (χ4v) is 3.09. The van der Waals surface area contributed by atoms with Gasteiger partial charge in [-0.05, 0) is 35.9 Å². The summed E-state index contributed by atoms with van der Waals surface area (Å²) in [4.78, 5) is 8.89. The number of ether oxygens (including phenoxy) is 2. The first-order valence-electron chi connectivity index (χ1n) is 9.01. The molecule has 140 valence electrons. The quantitative estimate of drug-likeness (QED) is 0.775. The Balaban J connectivity index is 1.35. The minimum Gasteiger partial charge on any atom is -0.497 e. The summed E-state index contributed by atoms with van der Waals surface area (Å²) >= 11 is 0. The third-order valence-corrected chi connectivity index (χ3v) is 4.56. The standard InChI is InChI=1S/C20H27N3O3/c1-25-19-4-6-20(7-5-19)26-16-18(24)15-23-11-9-22(10-12-23)14-17-3-2-8-21-13-17/h2-8,13,18,24H,9-12,14-16H2,1H3/t18-/m1/s1. The Hall–Kier alpha value is -2.15. The van der Waals surface area contributed by atoms with Crippen molar-refractivity contribution in [3.63, 3.8) is 0 Å². The van der Waals surface area contributed by atoms with E-state index in [9.17, 15) is 5.11 Å². The van der Waals surface area contributed by atoms with Gasteiger partial charge in [-0.1, -0.05) is 6.07 Å². The SMILES string of the molecule is COc1ccc(OC[C@H](O)CN2CCN(Cc3cccnc3)CC2)cc1. The Morgan fingerprint density at radius 2 is 1.73 bits per heavy atom. The number of rotatable bonds is 8. The Kier molecular flexibility index (Phi) is 6.82. The van der Waals surface area contributed by atoms with E-state index in [2.05, 4.69) is 20.9 Å². The second-order valence-corrected chi connectivity index (χ2v) is 6.58. The van der Waals surface area contributed by atoms with Crippen molar-refractivity contribution in [1.82, 2.24) is 14.8 Å². The van der Waals surface area contributed by atoms with Crippen molar-refractivity contribution in [3.8, 4) is 11.5 Å². The van der Waals surface area contributed by atoms with Crippen LogP contribution in [0.2, 0.25) is 0 Å². The van der Waals surface area contributed by atoms with Gasteiger partial charge < -0.3 is 14.6 Å². The predicted octanol–water partition coefficient (Wildman–Crippen LogP) is 1.65. The zero-order valence-electron chi connectivity index (χ0n) is 15.3. The van der Waals surface area contributed by atoms with Gasteiger partial charge >= 0.3 is 0 Å². The highest BCUT2D eigenvalue weighted by atomic mass is 16.5. The summed E-state index contributed by atoms with van der Waals surface area (Å²) in [5, 5.41) is 10.3. The van der Waals surface area contributed by atoms with E-state index < -0.39 is 6.10 Å². The zero-order valence-corrected chi connectivity index (χ0v) is 15.3. The van der Waals surface area contributed by atoms with E-state index in [1.165, 1.54) is 5.56 Å². The van der Waals surface area contributed by atoms with E-state index in [4.69, 9.17) is 9.47 Å². The monoisotopic (exact) mass is 357 g/mol. The lowest BCUT2D eigenvalue weighted by Gasteiger charge is -2.35. The first-order chi connectivity index (χ1) is 12.7. The van der Waals surface area contributed by atoms with Crippen LogP contribution < -0.4 is 9.47 Å². The van der Waals surface area contributed by atoms with Gasteiger partial charge in [0, 0.05) is 51.7 Å². The number of hydrogen-bond donors (Lipinski definition) is 1. The van der Waals surface area contributed by atoms with Gasteiger partial charge in [0.05, 0.1) is 7.11 Å². The van der Waals surface area contributed by atoms with Crippen LogP contribution in [0.5, 0.6) is 11.5 Å². The van der Waals surface area contributed by atoms with Crippen LogP contribution in [0, 0.1) is 0 Å². The van der Waals surface area contributed by atoms with Gasteiger partial charge in [0.1, 0.15) is 24.2 Å². The summed E-state index contributed by atoms with van der Waals surface area (Å²) in [5.74, 6) is 1.54. The molecule has 1 fully saturated rings. The van der Waals surface area contributed by atoms with Gasteiger partial charge in [-0.15, -0.1) is 0 Å². The summed E-state index contributed by atoms with van der Waals surface area (Å²) in [6.45, 7) is 5.78. The maximum Gasteiger partial charge on any atom is 0.119 e. The molecule has 2 heterocycles. The summed E-state index contributed by atoms with van der Waals surface area (Å²) < 4.78 is 10.8. The molecular weight excluding hydrogens is 330 g/mol. The number of hydrogen-bond acceptors (Lipinski definition) is 6. The zero-order chi connectivity index (χ0) is 18.2. The van der Waals surface area contributed by atoms with Gasteiger partial charge in [-0.2, -0.15) is 0 Å². The fraction of sp³-hybridized carbons (Fsp3) is 0.450. The van der Waals surface area contributed by atoms with Crippen LogP contribution in [-0.4, -0.2) is 72.4 Å². The normalized spacial score (nSPS) is 17.0. The molecule has 3 rings (SSSR count). The van der Waals surface area contributed by atoms with Gasteiger partial charge in [-0.25, -0.2) is 0 Å². The Morgan fingerprint density at radius 3 is 2.38 bits per heavy atom. The summed E-state index contributed by atoms with van der Waals surface area (Å²) in [6, 6.07) is 11.5. The Bertz CT molecular complexity index is 643. The molecule has 1 saturated heterocycles. The second kappa shape index (κ2) is 9.52. The molecule has 6 nitrogen and oxygen atoms in total. The molecule has 0 saturated carbocycles. The fourth-order valence-electron chi connectivity index (χ4n) is 3.09. The largest absolute Gasteiger partial charge is 0.497 e. The molecule has 1 aliphatic heterocycles. The summed E-state index contributed by atoms with van der Waals surface area (Å²) in [6.07, 6.45) is 3.23. The molecule has 6 heteroatoms. The number of aliphatic hydroxyl groups excluding tert-OH is 1. The number of methoxy groups -OCH3 is 1. The van der Waals surface area contributed by atoms with Crippen molar-refractivity contribution < 1.29 is 14.6 Å². The molecule has 2 aromatic rings. The van der Waals surface area contributed by atoms with E-state index in [-0.39, 0.29) is 0 Å². The van der Waals surface area contributed by atoms with Gasteiger partial charge in [0.15, 0.2) is 0 Å². The molecule has 1 atom stereocenters. The van der Waals surface area contributed by atoms with Crippen LogP contribution >= 0.6 is 0 Å². The highest BCUT2D eigenvalue weighted by molar-refractivity contribution is 5.31. The number of pyridine rings is 1. The highest BCUT2D eigenvalue weighted by Crippen LogP contribution is 2.17. The second-order valence-electron chi connectivity index (χ2n) is 6.58. The van der Waals surface area contributed by atoms with Crippen LogP contribution in [-0.2, 0) is 6.54 Å². The molecule has 26 heavy (non-hydrogen) atoms. The molecule has 0 spiro atoms. The van der Waals surface area contributed by atoms with Crippen LogP contribution in [0.1, 0.15) is 5.56 Å². The average Bonchev–Trinajstić information content (AvgIpc) is 2.69. The van der Waals surface area contributed by atoms with Crippen LogP contribution in [0.4, 0.5) is 0 Å². The number of aromatic nitrogens is 1. The lowest BCUT2D eigenvalue weighted by molar-refractivity contribution is 0.0446. The molecule has 0 radical (unpaired) electrons. The third-order valence-electron chi connectivity index (χ3n) is 4.56. The number of benzene rings is 1. The van der Waals surface area contributed by atoms with Crippen molar-refractivity contribution in [2.45, 2.75) is 12.6 Å². The van der Waals surface area contributed by atoms with Crippen molar-refractivity contribution in [2.75, 3.05) is 46.4 Å². The summed E-state index contributed by atoms with van der Waals surface area (Å²) in [5.41, 5.74) is 1.24. The van der Waals surface area contributed by atoms with Crippen molar-refractivity contribution in [3.05, 3.63) is 54.4 Å². The lowest BCUT2D eigenvalue weighted by Crippen LogP contribution is -2.48. The molecule has 1 N–H and O–H groups in total.